The number of rotatable bonds is 2. The summed E-state index contributed by atoms with van der Waals surface area (Å²) in [6, 6.07) is 9.75. The maximum atomic E-state index is 8.32. The molecule has 1 heterocycles. The van der Waals surface area contributed by atoms with Crippen LogP contribution in [0.3, 0.4) is 0 Å². The summed E-state index contributed by atoms with van der Waals surface area (Å²) in [6.45, 7) is 0. The molecule has 0 amide bonds. The van der Waals surface area contributed by atoms with E-state index in [4.69, 9.17) is 5.21 Å². The quantitative estimate of drug-likeness (QED) is 0.428. The predicted octanol–water partition coefficient (Wildman–Crippen LogP) is 1.88. The fourth-order valence-electron chi connectivity index (χ4n) is 1.21. The number of H-pyrrole nitrogens is 1. The zero-order valence-electron chi connectivity index (χ0n) is 7.38. The molecule has 0 unspecified atom stereocenters. The molecule has 0 radical (unpaired) electrons. The zero-order chi connectivity index (χ0) is 9.80. The van der Waals surface area contributed by atoms with Crippen LogP contribution < -0.4 is 0 Å². The lowest BCUT2D eigenvalue weighted by molar-refractivity contribution is 0.321. The second-order valence-corrected chi connectivity index (χ2v) is 2.80. The van der Waals surface area contributed by atoms with Gasteiger partial charge >= 0.3 is 0 Å². The van der Waals surface area contributed by atoms with Crippen LogP contribution in [0.15, 0.2) is 41.7 Å². The van der Waals surface area contributed by atoms with Crippen molar-refractivity contribution in [1.82, 2.24) is 9.97 Å². The molecule has 1 aromatic heterocycles. The Labute approximate surface area is 80.9 Å². The minimum Gasteiger partial charge on any atom is -0.411 e. The maximum Gasteiger partial charge on any atom is 0.137 e. The number of benzene rings is 1. The summed E-state index contributed by atoms with van der Waals surface area (Å²) in [6.07, 6.45) is 2.92. The van der Waals surface area contributed by atoms with Gasteiger partial charge in [-0.3, -0.25) is 0 Å². The van der Waals surface area contributed by atoms with E-state index < -0.39 is 0 Å². The molecule has 0 spiro atoms. The molecule has 0 fully saturated rings. The second-order valence-electron chi connectivity index (χ2n) is 2.80. The third-order valence-corrected chi connectivity index (χ3v) is 1.84. The fourth-order valence-corrected chi connectivity index (χ4v) is 1.21. The highest BCUT2D eigenvalue weighted by atomic mass is 16.4. The molecule has 2 aromatic rings. The molecule has 1 aromatic carbocycles. The van der Waals surface area contributed by atoms with Crippen LogP contribution >= 0.6 is 0 Å². The first kappa shape index (κ1) is 8.50. The van der Waals surface area contributed by atoms with Crippen molar-refractivity contribution in [3.63, 3.8) is 0 Å². The molecule has 70 valence electrons. The van der Waals surface area contributed by atoms with Crippen LogP contribution in [0.5, 0.6) is 0 Å². The summed E-state index contributed by atoms with van der Waals surface area (Å²) >= 11 is 0. The first-order valence-corrected chi connectivity index (χ1v) is 4.18. The van der Waals surface area contributed by atoms with Gasteiger partial charge in [-0.1, -0.05) is 35.5 Å². The maximum absolute atomic E-state index is 8.32. The number of imidazole rings is 1. The summed E-state index contributed by atoms with van der Waals surface area (Å²) in [5, 5.41) is 11.2. The number of aromatic nitrogens is 2. The Morgan fingerprint density at radius 2 is 2.07 bits per heavy atom. The van der Waals surface area contributed by atoms with Gasteiger partial charge < -0.3 is 10.2 Å². The van der Waals surface area contributed by atoms with E-state index in [2.05, 4.69) is 15.1 Å². The third-order valence-electron chi connectivity index (χ3n) is 1.84. The Kier molecular flexibility index (Phi) is 2.27. The van der Waals surface area contributed by atoms with Gasteiger partial charge in [0.1, 0.15) is 5.82 Å². The van der Waals surface area contributed by atoms with E-state index >= 15 is 0 Å². The number of aromatic amines is 1. The van der Waals surface area contributed by atoms with Crippen LogP contribution in [0.2, 0.25) is 0 Å². The lowest BCUT2D eigenvalue weighted by atomic mass is 10.2. The number of hydrogen-bond donors (Lipinski definition) is 2. The number of nitrogens with zero attached hydrogens (tertiary/aromatic N) is 2. The van der Waals surface area contributed by atoms with Crippen LogP contribution in [0.25, 0.3) is 11.4 Å². The Morgan fingerprint density at radius 3 is 2.79 bits per heavy atom. The number of oxime groups is 1. The van der Waals surface area contributed by atoms with Crippen LogP contribution in [0, 0.1) is 0 Å². The Hall–Kier alpha value is -2.10. The van der Waals surface area contributed by atoms with E-state index in [0.717, 1.165) is 11.4 Å². The molecule has 0 aliphatic heterocycles. The van der Waals surface area contributed by atoms with Crippen molar-refractivity contribution in [2.75, 3.05) is 0 Å². The van der Waals surface area contributed by atoms with Crippen LogP contribution in [0.4, 0.5) is 0 Å². The van der Waals surface area contributed by atoms with Gasteiger partial charge in [-0.25, -0.2) is 4.98 Å². The van der Waals surface area contributed by atoms with E-state index in [1.807, 2.05) is 30.3 Å². The zero-order valence-corrected chi connectivity index (χ0v) is 7.38. The summed E-state index contributed by atoms with van der Waals surface area (Å²) in [4.78, 5) is 7.16. The molecule has 2 rings (SSSR count). The third kappa shape index (κ3) is 1.64. The van der Waals surface area contributed by atoms with E-state index in [1.165, 1.54) is 6.21 Å². The Morgan fingerprint density at radius 1 is 1.29 bits per heavy atom. The SMILES string of the molecule is ON=Cc1cnc(-c2ccccc2)[nH]1. The standard InChI is InChI=1S/C10H9N3O/c14-12-7-9-6-11-10(13-9)8-4-2-1-3-5-8/h1-7,14H,(H,11,13). The minimum absolute atomic E-state index is 0.673. The molecule has 4 heteroatoms. The highest BCUT2D eigenvalue weighted by Crippen LogP contribution is 2.13. The second kappa shape index (κ2) is 3.74. The van der Waals surface area contributed by atoms with Gasteiger partial charge in [0, 0.05) is 5.56 Å². The molecule has 2 N–H and O–H groups in total. The topological polar surface area (TPSA) is 61.3 Å². The molecule has 0 bridgehead atoms. The lowest BCUT2D eigenvalue weighted by Gasteiger charge is -1.93. The average Bonchev–Trinajstić information content (AvgIpc) is 2.68. The van der Waals surface area contributed by atoms with Gasteiger partial charge in [0.05, 0.1) is 18.1 Å². The molecule has 4 nitrogen and oxygen atoms in total. The van der Waals surface area contributed by atoms with Crippen LogP contribution in [0.1, 0.15) is 5.69 Å². The highest BCUT2D eigenvalue weighted by Gasteiger charge is 2.00. The fraction of sp³-hybridized carbons (Fsp3) is 0. The highest BCUT2D eigenvalue weighted by molar-refractivity contribution is 5.77. The van der Waals surface area contributed by atoms with Crippen molar-refractivity contribution in [3.05, 3.63) is 42.2 Å². The molecule has 14 heavy (non-hydrogen) atoms. The first-order chi connectivity index (χ1) is 6.90. The molecule has 0 saturated carbocycles. The predicted molar refractivity (Wildman–Crippen MR) is 53.4 cm³/mol. The first-order valence-electron chi connectivity index (χ1n) is 4.18. The molecule has 0 atom stereocenters. The van der Waals surface area contributed by atoms with Crippen molar-refractivity contribution in [2.45, 2.75) is 0 Å². The molecule has 0 aliphatic rings. The molecule has 0 aliphatic carbocycles. The van der Waals surface area contributed by atoms with Crippen LogP contribution in [-0.4, -0.2) is 21.4 Å². The van der Waals surface area contributed by atoms with E-state index in [-0.39, 0.29) is 0 Å². The van der Waals surface area contributed by atoms with Gasteiger partial charge in [-0.15, -0.1) is 0 Å². The van der Waals surface area contributed by atoms with Gasteiger partial charge in [0.25, 0.3) is 0 Å². The van der Waals surface area contributed by atoms with Gasteiger partial charge in [-0.2, -0.15) is 0 Å². The van der Waals surface area contributed by atoms with E-state index in [9.17, 15) is 0 Å². The summed E-state index contributed by atoms with van der Waals surface area (Å²) < 4.78 is 0. The van der Waals surface area contributed by atoms with Crippen molar-refractivity contribution < 1.29 is 5.21 Å². The average molecular weight is 187 g/mol. The Balaban J connectivity index is 2.34. The minimum atomic E-state index is 0.673. The summed E-state index contributed by atoms with van der Waals surface area (Å²) in [7, 11) is 0. The summed E-state index contributed by atoms with van der Waals surface area (Å²) in [5.74, 6) is 0.764. The molecular weight excluding hydrogens is 178 g/mol. The van der Waals surface area contributed by atoms with Crippen molar-refractivity contribution >= 4 is 6.21 Å². The van der Waals surface area contributed by atoms with Crippen molar-refractivity contribution in [1.29, 1.82) is 0 Å². The van der Waals surface area contributed by atoms with Crippen molar-refractivity contribution in [2.24, 2.45) is 5.16 Å². The van der Waals surface area contributed by atoms with Gasteiger partial charge in [0.2, 0.25) is 0 Å². The number of hydrogen-bond acceptors (Lipinski definition) is 3. The van der Waals surface area contributed by atoms with Crippen LogP contribution in [-0.2, 0) is 0 Å². The normalized spacial score (nSPS) is 10.9. The van der Waals surface area contributed by atoms with E-state index in [1.54, 1.807) is 6.20 Å². The Bertz CT molecular complexity index is 434. The van der Waals surface area contributed by atoms with Crippen molar-refractivity contribution in [3.8, 4) is 11.4 Å². The van der Waals surface area contributed by atoms with Gasteiger partial charge in [-0.05, 0) is 0 Å². The molecular formula is C10H9N3O. The smallest absolute Gasteiger partial charge is 0.137 e. The number of nitrogens with one attached hydrogen (secondary N) is 1. The molecule has 0 saturated heterocycles. The summed E-state index contributed by atoms with van der Waals surface area (Å²) in [5.41, 5.74) is 1.68. The monoisotopic (exact) mass is 187 g/mol. The van der Waals surface area contributed by atoms with Gasteiger partial charge in [0.15, 0.2) is 0 Å². The lowest BCUT2D eigenvalue weighted by Crippen LogP contribution is -1.81. The van der Waals surface area contributed by atoms with E-state index in [0.29, 0.717) is 5.69 Å². The largest absolute Gasteiger partial charge is 0.411 e.